The van der Waals surface area contributed by atoms with Gasteiger partial charge in [-0.1, -0.05) is 6.07 Å². The van der Waals surface area contributed by atoms with Crippen LogP contribution in [0.5, 0.6) is 0 Å². The van der Waals surface area contributed by atoms with Gasteiger partial charge in [0.25, 0.3) is 0 Å². The van der Waals surface area contributed by atoms with Crippen molar-refractivity contribution in [2.45, 2.75) is 38.1 Å². The number of hydrogen-bond acceptors (Lipinski definition) is 2. The molecule has 2 heteroatoms. The number of nitrogens with zero attached hydrogens (tertiary/aromatic N) is 1. The molecule has 2 nitrogen and oxygen atoms in total. The van der Waals surface area contributed by atoms with Crippen LogP contribution in [-0.4, -0.2) is 26.2 Å². The van der Waals surface area contributed by atoms with E-state index in [9.17, 15) is 0 Å². The zero-order valence-corrected chi connectivity index (χ0v) is 10.7. The molecule has 17 heavy (non-hydrogen) atoms. The second kappa shape index (κ2) is 4.69. The van der Waals surface area contributed by atoms with E-state index in [1.54, 1.807) is 11.1 Å². The van der Waals surface area contributed by atoms with E-state index < -0.39 is 0 Å². The second-order valence-electron chi connectivity index (χ2n) is 5.46. The molecular formula is C15H22N2. The summed E-state index contributed by atoms with van der Waals surface area (Å²) < 4.78 is 0. The Kier molecular flexibility index (Phi) is 3.06. The van der Waals surface area contributed by atoms with Crippen LogP contribution in [-0.2, 0) is 12.8 Å². The standard InChI is InChI=1S/C15H22N2/c1-17(10-9-16-14-6-7-14)15-8-5-12-3-2-4-13(12)11-15/h5,8,11,14,16H,2-4,6-7,9-10H2,1H3. The van der Waals surface area contributed by atoms with E-state index in [0.29, 0.717) is 0 Å². The first-order valence-electron chi connectivity index (χ1n) is 6.89. The van der Waals surface area contributed by atoms with Gasteiger partial charge in [-0.05, 0) is 55.4 Å². The second-order valence-corrected chi connectivity index (χ2v) is 5.46. The lowest BCUT2D eigenvalue weighted by molar-refractivity contribution is 0.675. The predicted octanol–water partition coefficient (Wildman–Crippen LogP) is 2.36. The van der Waals surface area contributed by atoms with Crippen LogP contribution in [0.25, 0.3) is 0 Å². The Morgan fingerprint density at radius 1 is 1.24 bits per heavy atom. The molecule has 92 valence electrons. The van der Waals surface area contributed by atoms with Crippen LogP contribution in [0.1, 0.15) is 30.4 Å². The molecule has 1 aromatic rings. The van der Waals surface area contributed by atoms with Crippen molar-refractivity contribution >= 4 is 5.69 Å². The molecule has 2 aliphatic rings. The summed E-state index contributed by atoms with van der Waals surface area (Å²) in [4.78, 5) is 2.37. The van der Waals surface area contributed by atoms with Gasteiger partial charge in [-0.2, -0.15) is 0 Å². The van der Waals surface area contributed by atoms with E-state index in [4.69, 9.17) is 0 Å². The average Bonchev–Trinajstić information content (AvgIpc) is 3.04. The number of rotatable bonds is 5. The van der Waals surface area contributed by atoms with Crippen LogP contribution in [0.2, 0.25) is 0 Å². The first-order valence-corrected chi connectivity index (χ1v) is 6.89. The predicted molar refractivity (Wildman–Crippen MR) is 72.8 cm³/mol. The van der Waals surface area contributed by atoms with Crippen molar-refractivity contribution in [3.05, 3.63) is 29.3 Å². The minimum Gasteiger partial charge on any atom is -0.373 e. The molecule has 0 heterocycles. The van der Waals surface area contributed by atoms with Gasteiger partial charge in [0.2, 0.25) is 0 Å². The molecule has 0 radical (unpaired) electrons. The minimum atomic E-state index is 0.823. The van der Waals surface area contributed by atoms with Crippen LogP contribution in [0.4, 0.5) is 5.69 Å². The fraction of sp³-hybridized carbons (Fsp3) is 0.600. The summed E-state index contributed by atoms with van der Waals surface area (Å²) in [6.07, 6.45) is 6.65. The van der Waals surface area contributed by atoms with Crippen molar-refractivity contribution in [1.29, 1.82) is 0 Å². The molecule has 1 fully saturated rings. The van der Waals surface area contributed by atoms with Crippen molar-refractivity contribution in [3.8, 4) is 0 Å². The summed E-state index contributed by atoms with van der Waals surface area (Å²) in [5.74, 6) is 0. The highest BCUT2D eigenvalue weighted by Crippen LogP contribution is 2.26. The summed E-state index contributed by atoms with van der Waals surface area (Å²) in [7, 11) is 2.20. The molecule has 1 aromatic carbocycles. The highest BCUT2D eigenvalue weighted by atomic mass is 15.1. The molecule has 0 unspecified atom stereocenters. The summed E-state index contributed by atoms with van der Waals surface area (Å²) in [5.41, 5.74) is 4.52. The Labute approximate surface area is 104 Å². The molecule has 0 aromatic heterocycles. The third-order valence-electron chi connectivity index (χ3n) is 3.98. The molecule has 0 saturated heterocycles. The van der Waals surface area contributed by atoms with E-state index in [1.807, 2.05) is 0 Å². The number of anilines is 1. The average molecular weight is 230 g/mol. The number of benzene rings is 1. The number of likely N-dealkylation sites (N-methyl/N-ethyl adjacent to an activating group) is 1. The molecule has 0 atom stereocenters. The maximum Gasteiger partial charge on any atom is 0.0366 e. The van der Waals surface area contributed by atoms with Gasteiger partial charge in [0.05, 0.1) is 0 Å². The van der Waals surface area contributed by atoms with Crippen LogP contribution < -0.4 is 10.2 Å². The van der Waals surface area contributed by atoms with Gasteiger partial charge >= 0.3 is 0 Å². The molecule has 0 spiro atoms. The highest BCUT2D eigenvalue weighted by Gasteiger charge is 2.20. The first-order chi connectivity index (χ1) is 8.33. The van der Waals surface area contributed by atoms with Crippen LogP contribution in [0.3, 0.4) is 0 Å². The minimum absolute atomic E-state index is 0.823. The lowest BCUT2D eigenvalue weighted by Gasteiger charge is -2.20. The van der Waals surface area contributed by atoms with Crippen LogP contribution in [0, 0.1) is 0 Å². The molecule has 3 rings (SSSR count). The number of hydrogen-bond donors (Lipinski definition) is 1. The first kappa shape index (κ1) is 11.1. The Balaban J connectivity index is 1.58. The number of nitrogens with one attached hydrogen (secondary N) is 1. The van der Waals surface area contributed by atoms with E-state index >= 15 is 0 Å². The Morgan fingerprint density at radius 3 is 2.88 bits per heavy atom. The molecular weight excluding hydrogens is 208 g/mol. The SMILES string of the molecule is CN(CCNC1CC1)c1ccc2c(c1)CCC2. The number of fused-ring (bicyclic) bond motifs is 1. The third kappa shape index (κ3) is 2.63. The van der Waals surface area contributed by atoms with Crippen molar-refractivity contribution in [2.75, 3.05) is 25.0 Å². The summed E-state index contributed by atoms with van der Waals surface area (Å²) in [6.45, 7) is 2.22. The van der Waals surface area contributed by atoms with Gasteiger partial charge in [-0.15, -0.1) is 0 Å². The van der Waals surface area contributed by atoms with Crippen molar-refractivity contribution in [2.24, 2.45) is 0 Å². The van der Waals surface area contributed by atoms with Crippen LogP contribution >= 0.6 is 0 Å². The van der Waals surface area contributed by atoms with Gasteiger partial charge < -0.3 is 10.2 Å². The van der Waals surface area contributed by atoms with Crippen molar-refractivity contribution in [3.63, 3.8) is 0 Å². The molecule has 0 bridgehead atoms. The van der Waals surface area contributed by atoms with Gasteiger partial charge in [0.1, 0.15) is 0 Å². The van der Waals surface area contributed by atoms with E-state index in [2.05, 4.69) is 35.5 Å². The van der Waals surface area contributed by atoms with Gasteiger partial charge in [0.15, 0.2) is 0 Å². The Bertz CT molecular complexity index is 396. The maximum atomic E-state index is 3.57. The third-order valence-corrected chi connectivity index (χ3v) is 3.98. The molecule has 1 saturated carbocycles. The largest absolute Gasteiger partial charge is 0.373 e. The fourth-order valence-corrected chi connectivity index (χ4v) is 2.65. The van der Waals surface area contributed by atoms with Crippen molar-refractivity contribution in [1.82, 2.24) is 5.32 Å². The fourth-order valence-electron chi connectivity index (χ4n) is 2.65. The maximum absolute atomic E-state index is 3.57. The molecule has 0 amide bonds. The Hall–Kier alpha value is -1.02. The topological polar surface area (TPSA) is 15.3 Å². The summed E-state index contributed by atoms with van der Waals surface area (Å²) >= 11 is 0. The van der Waals surface area contributed by atoms with Crippen LogP contribution in [0.15, 0.2) is 18.2 Å². The lowest BCUT2D eigenvalue weighted by atomic mass is 10.1. The molecule has 0 aliphatic heterocycles. The Morgan fingerprint density at radius 2 is 2.06 bits per heavy atom. The lowest BCUT2D eigenvalue weighted by Crippen LogP contribution is -2.30. The molecule has 2 aliphatic carbocycles. The monoisotopic (exact) mass is 230 g/mol. The smallest absolute Gasteiger partial charge is 0.0366 e. The zero-order valence-electron chi connectivity index (χ0n) is 10.7. The summed E-state index contributed by atoms with van der Waals surface area (Å²) in [5, 5.41) is 3.57. The number of aryl methyl sites for hydroxylation is 2. The quantitative estimate of drug-likeness (QED) is 0.835. The zero-order chi connectivity index (χ0) is 11.7. The van der Waals surface area contributed by atoms with E-state index in [0.717, 1.165) is 19.1 Å². The van der Waals surface area contributed by atoms with Gasteiger partial charge in [-0.25, -0.2) is 0 Å². The normalized spacial score (nSPS) is 18.2. The van der Waals surface area contributed by atoms with Crippen molar-refractivity contribution < 1.29 is 0 Å². The highest BCUT2D eigenvalue weighted by molar-refractivity contribution is 5.51. The van der Waals surface area contributed by atoms with Gasteiger partial charge in [0, 0.05) is 31.9 Å². The summed E-state index contributed by atoms with van der Waals surface area (Å²) in [6, 6.07) is 7.81. The molecule has 1 N–H and O–H groups in total. The van der Waals surface area contributed by atoms with E-state index in [-0.39, 0.29) is 0 Å². The van der Waals surface area contributed by atoms with E-state index in [1.165, 1.54) is 37.8 Å². The van der Waals surface area contributed by atoms with Gasteiger partial charge in [-0.3, -0.25) is 0 Å².